The molecule has 0 saturated heterocycles. The minimum Gasteiger partial charge on any atom is -0.361 e. The van der Waals surface area contributed by atoms with Crippen LogP contribution in [0.1, 0.15) is 15.9 Å². The number of rotatable bonds is 5. The Morgan fingerprint density at radius 2 is 1.81 bits per heavy atom. The molecule has 0 bridgehead atoms. The fourth-order valence-electron chi connectivity index (χ4n) is 2.24. The maximum atomic E-state index is 12.1. The van der Waals surface area contributed by atoms with Gasteiger partial charge in [0.05, 0.1) is 5.69 Å². The van der Waals surface area contributed by atoms with Crippen LogP contribution in [-0.2, 0) is 6.42 Å². The average molecular weight is 367 g/mol. The van der Waals surface area contributed by atoms with E-state index in [4.69, 9.17) is 12.2 Å². The molecule has 0 radical (unpaired) electrons. The lowest BCUT2D eigenvalue weighted by Gasteiger charge is -2.11. The largest absolute Gasteiger partial charge is 0.361 e. The molecule has 3 rings (SSSR count). The van der Waals surface area contributed by atoms with Crippen LogP contribution in [-0.4, -0.2) is 37.8 Å². The number of thiocarbonyl (C=S) groups is 1. The highest BCUT2D eigenvalue weighted by Gasteiger charge is 2.06. The van der Waals surface area contributed by atoms with Gasteiger partial charge in [-0.25, -0.2) is 4.68 Å². The number of nitrogens with one attached hydrogen (secondary N) is 3. The third-order valence-corrected chi connectivity index (χ3v) is 3.82. The molecule has 1 aromatic heterocycles. The van der Waals surface area contributed by atoms with Crippen molar-refractivity contribution in [3.8, 4) is 5.69 Å². The van der Waals surface area contributed by atoms with Crippen molar-refractivity contribution in [2.75, 3.05) is 6.54 Å². The zero-order valence-corrected chi connectivity index (χ0v) is 14.6. The van der Waals surface area contributed by atoms with Gasteiger partial charge in [0.25, 0.3) is 5.91 Å². The number of nitrogens with zero attached hydrogens (tertiary/aromatic N) is 4. The third kappa shape index (κ3) is 4.84. The van der Waals surface area contributed by atoms with E-state index in [2.05, 4.69) is 43.8 Å². The van der Waals surface area contributed by atoms with Crippen LogP contribution in [0, 0.1) is 0 Å². The molecule has 26 heavy (non-hydrogen) atoms. The van der Waals surface area contributed by atoms with Gasteiger partial charge < -0.3 is 5.32 Å². The van der Waals surface area contributed by atoms with Crippen LogP contribution < -0.4 is 16.2 Å². The number of carbonyl (C=O) groups excluding carboxylic acids is 1. The fraction of sp³-hybridized carbons (Fsp3) is 0.118. The van der Waals surface area contributed by atoms with E-state index in [0.717, 1.165) is 12.1 Å². The molecule has 0 aliphatic carbocycles. The minimum atomic E-state index is -0.291. The third-order valence-electron chi connectivity index (χ3n) is 3.57. The van der Waals surface area contributed by atoms with Gasteiger partial charge in [-0.05, 0) is 58.9 Å². The van der Waals surface area contributed by atoms with Crippen molar-refractivity contribution in [3.05, 3.63) is 72.1 Å². The van der Waals surface area contributed by atoms with Gasteiger partial charge in [-0.2, -0.15) is 0 Å². The van der Waals surface area contributed by atoms with Gasteiger partial charge in [0.1, 0.15) is 6.33 Å². The number of aromatic nitrogens is 4. The van der Waals surface area contributed by atoms with E-state index in [0.29, 0.717) is 17.2 Å². The predicted molar refractivity (Wildman–Crippen MR) is 101 cm³/mol. The molecule has 0 unspecified atom stereocenters. The Balaban J connectivity index is 1.42. The van der Waals surface area contributed by atoms with Gasteiger partial charge in [0.15, 0.2) is 5.11 Å². The van der Waals surface area contributed by atoms with Crippen LogP contribution in [0.4, 0.5) is 0 Å². The normalized spacial score (nSPS) is 10.2. The molecule has 0 fully saturated rings. The summed E-state index contributed by atoms with van der Waals surface area (Å²) in [6.07, 6.45) is 2.32. The number of hydrazine groups is 1. The van der Waals surface area contributed by atoms with Crippen LogP contribution in [0.3, 0.4) is 0 Å². The molecule has 0 atom stereocenters. The lowest BCUT2D eigenvalue weighted by atomic mass is 10.1. The quantitative estimate of drug-likeness (QED) is 0.457. The Bertz CT molecular complexity index is 851. The summed E-state index contributed by atoms with van der Waals surface area (Å²) in [5.74, 6) is -0.291. The summed E-state index contributed by atoms with van der Waals surface area (Å²) >= 11 is 5.15. The van der Waals surface area contributed by atoms with E-state index < -0.39 is 0 Å². The molecule has 0 aliphatic rings. The average Bonchev–Trinajstić information content (AvgIpc) is 3.22. The highest BCUT2D eigenvalue weighted by atomic mass is 32.1. The zero-order chi connectivity index (χ0) is 18.2. The summed E-state index contributed by atoms with van der Waals surface area (Å²) in [5.41, 5.74) is 7.72. The van der Waals surface area contributed by atoms with Crippen molar-refractivity contribution in [1.82, 2.24) is 36.4 Å². The van der Waals surface area contributed by atoms with E-state index in [-0.39, 0.29) is 5.91 Å². The second-order valence-corrected chi connectivity index (χ2v) is 5.78. The van der Waals surface area contributed by atoms with Crippen LogP contribution in [0.25, 0.3) is 5.69 Å². The standard InChI is InChI=1S/C17H17N7OS/c25-16(14-6-8-15(9-7-14)24-12-19-22-23-24)20-21-17(26)18-11-10-13-4-2-1-3-5-13/h1-9,12H,10-11H2,(H,20,25)(H2,18,21,26). The number of benzene rings is 2. The SMILES string of the molecule is O=C(NNC(=S)NCCc1ccccc1)c1ccc(-n2cnnn2)cc1. The van der Waals surface area contributed by atoms with E-state index in [1.807, 2.05) is 18.2 Å². The summed E-state index contributed by atoms with van der Waals surface area (Å²) in [7, 11) is 0. The first-order valence-corrected chi connectivity index (χ1v) is 8.35. The van der Waals surface area contributed by atoms with Crippen LogP contribution in [0.2, 0.25) is 0 Å². The molecule has 3 N–H and O–H groups in total. The maximum absolute atomic E-state index is 12.1. The van der Waals surface area contributed by atoms with Gasteiger partial charge in [-0.1, -0.05) is 30.3 Å². The first-order chi connectivity index (χ1) is 12.7. The zero-order valence-electron chi connectivity index (χ0n) is 13.8. The van der Waals surface area contributed by atoms with Gasteiger partial charge in [-0.3, -0.25) is 15.6 Å². The number of amides is 1. The fourth-order valence-corrected chi connectivity index (χ4v) is 2.39. The van der Waals surface area contributed by atoms with Crippen molar-refractivity contribution in [2.45, 2.75) is 6.42 Å². The van der Waals surface area contributed by atoms with Crippen molar-refractivity contribution in [1.29, 1.82) is 0 Å². The number of hydrogen-bond acceptors (Lipinski definition) is 5. The lowest BCUT2D eigenvalue weighted by Crippen LogP contribution is -2.47. The molecule has 0 saturated carbocycles. The summed E-state index contributed by atoms with van der Waals surface area (Å²) < 4.78 is 1.51. The van der Waals surface area contributed by atoms with Crippen LogP contribution in [0.15, 0.2) is 60.9 Å². The molecule has 1 amide bonds. The van der Waals surface area contributed by atoms with Gasteiger partial charge in [0.2, 0.25) is 0 Å². The highest BCUT2D eigenvalue weighted by molar-refractivity contribution is 7.80. The summed E-state index contributed by atoms with van der Waals surface area (Å²) in [6, 6.07) is 16.9. The van der Waals surface area contributed by atoms with Crippen LogP contribution in [0.5, 0.6) is 0 Å². The predicted octanol–water partition coefficient (Wildman–Crippen LogP) is 1.01. The van der Waals surface area contributed by atoms with E-state index in [1.165, 1.54) is 16.6 Å². The first-order valence-electron chi connectivity index (χ1n) is 7.94. The Labute approximate surface area is 155 Å². The highest BCUT2D eigenvalue weighted by Crippen LogP contribution is 2.07. The maximum Gasteiger partial charge on any atom is 0.269 e. The van der Waals surface area contributed by atoms with Gasteiger partial charge in [-0.15, -0.1) is 5.10 Å². The molecular weight excluding hydrogens is 350 g/mol. The molecule has 0 aliphatic heterocycles. The van der Waals surface area contributed by atoms with E-state index >= 15 is 0 Å². The number of hydrogen-bond donors (Lipinski definition) is 3. The molecule has 3 aromatic rings. The summed E-state index contributed by atoms with van der Waals surface area (Å²) in [4.78, 5) is 12.1. The molecule has 132 valence electrons. The van der Waals surface area contributed by atoms with E-state index in [1.54, 1.807) is 24.3 Å². The molecular formula is C17H17N7OS. The molecule has 8 nitrogen and oxygen atoms in total. The second-order valence-electron chi connectivity index (χ2n) is 5.37. The molecule has 1 heterocycles. The topological polar surface area (TPSA) is 96.8 Å². The molecule has 0 spiro atoms. The van der Waals surface area contributed by atoms with Gasteiger partial charge in [0, 0.05) is 12.1 Å². The van der Waals surface area contributed by atoms with E-state index in [9.17, 15) is 4.79 Å². The van der Waals surface area contributed by atoms with Crippen molar-refractivity contribution >= 4 is 23.2 Å². The Hall–Kier alpha value is -3.33. The van der Waals surface area contributed by atoms with Crippen molar-refractivity contribution < 1.29 is 4.79 Å². The molecule has 9 heteroatoms. The minimum absolute atomic E-state index is 0.291. The van der Waals surface area contributed by atoms with Crippen LogP contribution >= 0.6 is 12.2 Å². The number of tetrazole rings is 1. The summed E-state index contributed by atoms with van der Waals surface area (Å²) in [6.45, 7) is 0.673. The lowest BCUT2D eigenvalue weighted by molar-refractivity contribution is 0.0943. The molecule has 2 aromatic carbocycles. The Morgan fingerprint density at radius 1 is 1.04 bits per heavy atom. The summed E-state index contributed by atoms with van der Waals surface area (Å²) in [5, 5.41) is 14.3. The second kappa shape index (κ2) is 8.67. The first kappa shape index (κ1) is 17.5. The Morgan fingerprint density at radius 3 is 2.50 bits per heavy atom. The number of carbonyl (C=O) groups is 1. The van der Waals surface area contributed by atoms with Crippen molar-refractivity contribution in [2.24, 2.45) is 0 Å². The van der Waals surface area contributed by atoms with Crippen molar-refractivity contribution in [3.63, 3.8) is 0 Å². The monoisotopic (exact) mass is 367 g/mol. The smallest absolute Gasteiger partial charge is 0.269 e. The van der Waals surface area contributed by atoms with Gasteiger partial charge >= 0.3 is 0 Å². The Kier molecular flexibility index (Phi) is 5.84.